The normalized spacial score (nSPS) is 14.0. The average Bonchev–Trinajstić information content (AvgIpc) is 3.29. The van der Waals surface area contributed by atoms with E-state index in [1.807, 2.05) is 84.9 Å². The highest BCUT2D eigenvalue weighted by molar-refractivity contribution is 7.80. The van der Waals surface area contributed by atoms with E-state index in [0.29, 0.717) is 0 Å². The van der Waals surface area contributed by atoms with Gasteiger partial charge in [-0.2, -0.15) is 0 Å². The highest BCUT2D eigenvalue weighted by Crippen LogP contribution is 2.37. The number of para-hydroxylation sites is 1. The van der Waals surface area contributed by atoms with Crippen LogP contribution in [0.5, 0.6) is 0 Å². The van der Waals surface area contributed by atoms with Crippen LogP contribution in [0.4, 0.5) is 0 Å². The summed E-state index contributed by atoms with van der Waals surface area (Å²) in [6, 6.07) is 32.2. The molecule has 4 aromatic rings. The van der Waals surface area contributed by atoms with Crippen molar-refractivity contribution in [2.45, 2.75) is 0 Å². The molecule has 2 heterocycles. The molecule has 1 saturated heterocycles. The molecule has 35 heavy (non-hydrogen) atoms. The van der Waals surface area contributed by atoms with Gasteiger partial charge in [-0.25, -0.2) is 0 Å². The van der Waals surface area contributed by atoms with Crippen molar-refractivity contribution in [2.24, 2.45) is 0 Å². The number of carbonyl (C=O) groups is 2. The summed E-state index contributed by atoms with van der Waals surface area (Å²) in [4.78, 5) is 28.8. The SMILES string of the molecule is CN1C(=O)C(=Cc2cc(-c3ccccc3)n(-c3ccccc3)c2-c2ccccc2)C(=O)N(C)C1=S. The number of thiocarbonyl (C=S) groups is 1. The van der Waals surface area contributed by atoms with E-state index in [9.17, 15) is 9.59 Å². The highest BCUT2D eigenvalue weighted by Gasteiger charge is 2.35. The Kier molecular flexibility index (Phi) is 5.89. The second kappa shape index (κ2) is 9.16. The van der Waals surface area contributed by atoms with Crippen molar-refractivity contribution in [3.8, 4) is 28.2 Å². The average molecular weight is 478 g/mol. The molecular formula is C29H23N3O2S. The summed E-state index contributed by atoms with van der Waals surface area (Å²) < 4.78 is 2.17. The predicted molar refractivity (Wildman–Crippen MR) is 143 cm³/mol. The Bertz CT molecular complexity index is 1430. The maximum Gasteiger partial charge on any atom is 0.265 e. The van der Waals surface area contributed by atoms with Gasteiger partial charge in [-0.3, -0.25) is 19.4 Å². The third-order valence-corrected chi connectivity index (χ3v) is 6.65. The topological polar surface area (TPSA) is 45.6 Å². The molecule has 1 fully saturated rings. The third-order valence-electron chi connectivity index (χ3n) is 6.11. The molecule has 0 spiro atoms. The van der Waals surface area contributed by atoms with Crippen LogP contribution in [0.2, 0.25) is 0 Å². The molecule has 1 aliphatic heterocycles. The first-order valence-corrected chi connectivity index (χ1v) is 11.6. The number of likely N-dealkylation sites (N-methyl/N-ethyl adjacent to an activating group) is 2. The molecule has 3 aromatic carbocycles. The zero-order valence-electron chi connectivity index (χ0n) is 19.4. The maximum atomic E-state index is 13.1. The van der Waals surface area contributed by atoms with E-state index >= 15 is 0 Å². The van der Waals surface area contributed by atoms with Crippen LogP contribution in [0.3, 0.4) is 0 Å². The summed E-state index contributed by atoms with van der Waals surface area (Å²) in [5, 5.41) is 0.187. The zero-order chi connectivity index (χ0) is 24.5. The lowest BCUT2D eigenvalue weighted by molar-refractivity contribution is -0.132. The molecule has 1 aliphatic rings. The second-order valence-electron chi connectivity index (χ2n) is 8.31. The van der Waals surface area contributed by atoms with Gasteiger partial charge in [0.15, 0.2) is 5.11 Å². The molecular weight excluding hydrogens is 454 g/mol. The number of rotatable bonds is 4. The zero-order valence-corrected chi connectivity index (χ0v) is 20.2. The molecule has 1 aromatic heterocycles. The van der Waals surface area contributed by atoms with E-state index in [0.717, 1.165) is 33.8 Å². The summed E-state index contributed by atoms with van der Waals surface area (Å²) in [5.41, 5.74) is 5.66. The smallest absolute Gasteiger partial charge is 0.265 e. The Morgan fingerprint density at radius 2 is 1.17 bits per heavy atom. The molecule has 5 nitrogen and oxygen atoms in total. The standard InChI is InChI=1S/C29H23N3O2S/c1-30-27(33)24(28(34)31(2)29(30)35)18-22-19-25(20-12-6-3-7-13-20)32(23-16-10-5-11-17-23)26(22)21-14-8-4-9-15-21/h3-19H,1-2H3. The lowest BCUT2D eigenvalue weighted by atomic mass is 10.0. The van der Waals surface area contributed by atoms with Gasteiger partial charge >= 0.3 is 0 Å². The number of nitrogens with zero attached hydrogens (tertiary/aromatic N) is 3. The fraction of sp³-hybridized carbons (Fsp3) is 0.0690. The predicted octanol–water partition coefficient (Wildman–Crippen LogP) is 5.41. The van der Waals surface area contributed by atoms with Gasteiger partial charge < -0.3 is 4.57 Å². The molecule has 2 amide bonds. The first kappa shape index (κ1) is 22.5. The Morgan fingerprint density at radius 1 is 0.686 bits per heavy atom. The first-order valence-electron chi connectivity index (χ1n) is 11.2. The number of aromatic nitrogens is 1. The van der Waals surface area contributed by atoms with Gasteiger partial charge in [0.25, 0.3) is 11.8 Å². The largest absolute Gasteiger partial charge is 0.309 e. The lowest BCUT2D eigenvalue weighted by Gasteiger charge is -2.31. The minimum atomic E-state index is -0.411. The van der Waals surface area contributed by atoms with Gasteiger partial charge in [0.05, 0.1) is 11.4 Å². The van der Waals surface area contributed by atoms with E-state index < -0.39 is 11.8 Å². The highest BCUT2D eigenvalue weighted by atomic mass is 32.1. The number of carbonyl (C=O) groups excluding carboxylic acids is 2. The molecule has 0 atom stereocenters. The summed E-state index contributed by atoms with van der Waals surface area (Å²) in [5.74, 6) is -0.823. The summed E-state index contributed by atoms with van der Waals surface area (Å²) in [7, 11) is 3.17. The maximum absolute atomic E-state index is 13.1. The molecule has 0 aliphatic carbocycles. The van der Waals surface area contributed by atoms with Crippen molar-refractivity contribution in [2.75, 3.05) is 14.1 Å². The van der Waals surface area contributed by atoms with Crippen LogP contribution in [-0.2, 0) is 9.59 Å². The Labute approximate surface area is 209 Å². The molecule has 0 unspecified atom stereocenters. The Balaban J connectivity index is 1.83. The Morgan fingerprint density at radius 3 is 1.71 bits per heavy atom. The number of hydrogen-bond donors (Lipinski definition) is 0. The van der Waals surface area contributed by atoms with Gasteiger partial charge in [0.1, 0.15) is 5.57 Å². The fourth-order valence-corrected chi connectivity index (χ4v) is 4.49. The quantitative estimate of drug-likeness (QED) is 0.224. The minimum absolute atomic E-state index is 0.0746. The third kappa shape index (κ3) is 3.98. The molecule has 0 saturated carbocycles. The van der Waals surface area contributed by atoms with Gasteiger partial charge in [0.2, 0.25) is 0 Å². The van der Waals surface area contributed by atoms with Crippen LogP contribution in [0, 0.1) is 0 Å². The van der Waals surface area contributed by atoms with Gasteiger partial charge in [-0.1, -0.05) is 78.9 Å². The van der Waals surface area contributed by atoms with Crippen molar-refractivity contribution in [1.82, 2.24) is 14.4 Å². The number of hydrogen-bond acceptors (Lipinski definition) is 3. The van der Waals surface area contributed by atoms with Crippen molar-refractivity contribution in [3.63, 3.8) is 0 Å². The van der Waals surface area contributed by atoms with Crippen molar-refractivity contribution >= 4 is 35.2 Å². The van der Waals surface area contributed by atoms with E-state index in [1.54, 1.807) is 20.2 Å². The van der Waals surface area contributed by atoms with E-state index in [1.165, 1.54) is 9.80 Å². The summed E-state index contributed by atoms with van der Waals surface area (Å²) >= 11 is 5.26. The van der Waals surface area contributed by atoms with Crippen molar-refractivity contribution < 1.29 is 9.59 Å². The van der Waals surface area contributed by atoms with Crippen LogP contribution in [-0.4, -0.2) is 45.4 Å². The Hall–Kier alpha value is -4.29. The van der Waals surface area contributed by atoms with Crippen LogP contribution in [0.15, 0.2) is 103 Å². The second-order valence-corrected chi connectivity index (χ2v) is 8.67. The van der Waals surface area contributed by atoms with Gasteiger partial charge in [0, 0.05) is 25.3 Å². The number of amides is 2. The van der Waals surface area contributed by atoms with Crippen LogP contribution in [0.1, 0.15) is 5.56 Å². The van der Waals surface area contributed by atoms with Crippen LogP contribution >= 0.6 is 12.2 Å². The van der Waals surface area contributed by atoms with E-state index in [-0.39, 0.29) is 10.7 Å². The van der Waals surface area contributed by atoms with Gasteiger partial charge in [-0.15, -0.1) is 0 Å². The number of benzene rings is 3. The van der Waals surface area contributed by atoms with Crippen molar-refractivity contribution in [1.29, 1.82) is 0 Å². The van der Waals surface area contributed by atoms with Gasteiger partial charge in [-0.05, 0) is 47.6 Å². The molecule has 172 valence electrons. The minimum Gasteiger partial charge on any atom is -0.309 e. The first-order chi connectivity index (χ1) is 17.0. The van der Waals surface area contributed by atoms with Crippen molar-refractivity contribution in [3.05, 3.63) is 108 Å². The van der Waals surface area contributed by atoms with Crippen LogP contribution in [0.25, 0.3) is 34.3 Å². The summed E-state index contributed by atoms with van der Waals surface area (Å²) in [6.07, 6.45) is 1.69. The molecule has 5 rings (SSSR count). The summed E-state index contributed by atoms with van der Waals surface area (Å²) in [6.45, 7) is 0. The molecule has 0 N–H and O–H groups in total. The molecule has 6 heteroatoms. The molecule has 0 radical (unpaired) electrons. The lowest BCUT2D eigenvalue weighted by Crippen LogP contribution is -2.52. The monoisotopic (exact) mass is 477 g/mol. The van der Waals surface area contributed by atoms with Crippen LogP contribution < -0.4 is 0 Å². The van der Waals surface area contributed by atoms with E-state index in [4.69, 9.17) is 12.2 Å². The molecule has 0 bridgehead atoms. The fourth-order valence-electron chi connectivity index (χ4n) is 4.33. The van der Waals surface area contributed by atoms with E-state index in [2.05, 4.69) is 16.7 Å².